The Kier molecular flexibility index (Phi) is 6.72. The Labute approximate surface area is 112 Å². The van der Waals surface area contributed by atoms with Gasteiger partial charge in [0.1, 0.15) is 12.4 Å². The van der Waals surface area contributed by atoms with Crippen LogP contribution in [0, 0.1) is 0 Å². The van der Waals surface area contributed by atoms with Crippen molar-refractivity contribution in [3.8, 4) is 5.75 Å². The van der Waals surface area contributed by atoms with Gasteiger partial charge in [0, 0.05) is 12.7 Å². The van der Waals surface area contributed by atoms with Crippen molar-refractivity contribution >= 4 is 17.4 Å². The van der Waals surface area contributed by atoms with Crippen molar-refractivity contribution in [2.24, 2.45) is 0 Å². The summed E-state index contributed by atoms with van der Waals surface area (Å²) >= 11 is 5.96. The molecule has 0 fully saturated rings. The second kappa shape index (κ2) is 8.08. The number of halogens is 1. The van der Waals surface area contributed by atoms with Crippen molar-refractivity contribution in [2.75, 3.05) is 33.5 Å². The highest BCUT2D eigenvalue weighted by Gasteiger charge is 2.06. The van der Waals surface area contributed by atoms with Crippen LogP contribution >= 0.6 is 11.6 Å². The van der Waals surface area contributed by atoms with Crippen molar-refractivity contribution in [3.63, 3.8) is 0 Å². The van der Waals surface area contributed by atoms with Gasteiger partial charge in [-0.25, -0.2) is 0 Å². The molecule has 0 unspecified atom stereocenters. The van der Waals surface area contributed by atoms with Crippen LogP contribution in [-0.4, -0.2) is 39.3 Å². The van der Waals surface area contributed by atoms with E-state index in [4.69, 9.17) is 25.8 Å². The molecule has 4 nitrogen and oxygen atoms in total. The maximum atomic E-state index is 11.2. The molecule has 0 saturated carbocycles. The summed E-state index contributed by atoms with van der Waals surface area (Å²) < 4.78 is 15.5. The second-order valence-electron chi connectivity index (χ2n) is 3.65. The van der Waals surface area contributed by atoms with Crippen molar-refractivity contribution in [2.45, 2.75) is 6.92 Å². The van der Waals surface area contributed by atoms with Gasteiger partial charge in [-0.3, -0.25) is 4.79 Å². The van der Waals surface area contributed by atoms with Crippen LogP contribution in [0.1, 0.15) is 17.3 Å². The van der Waals surface area contributed by atoms with Gasteiger partial charge in [-0.2, -0.15) is 0 Å². The SMILES string of the molecule is COCCOCCOc1ccc(C(C)=O)c(Cl)c1. The summed E-state index contributed by atoms with van der Waals surface area (Å²) in [5.74, 6) is 0.565. The zero-order valence-electron chi connectivity index (χ0n) is 10.6. The van der Waals surface area contributed by atoms with E-state index in [9.17, 15) is 4.79 Å². The van der Waals surface area contributed by atoms with Gasteiger partial charge in [0.2, 0.25) is 0 Å². The molecule has 0 amide bonds. The van der Waals surface area contributed by atoms with Gasteiger partial charge in [0.15, 0.2) is 5.78 Å². The van der Waals surface area contributed by atoms with Crippen LogP contribution in [0.4, 0.5) is 0 Å². The maximum Gasteiger partial charge on any atom is 0.161 e. The quantitative estimate of drug-likeness (QED) is 0.539. The average molecular weight is 273 g/mol. The average Bonchev–Trinajstić information content (AvgIpc) is 2.33. The Morgan fingerprint density at radius 3 is 2.56 bits per heavy atom. The number of Topliss-reactive ketones (excluding diaryl/α,β-unsaturated/α-hetero) is 1. The van der Waals surface area contributed by atoms with Crippen LogP contribution in [-0.2, 0) is 9.47 Å². The van der Waals surface area contributed by atoms with Crippen LogP contribution in [0.2, 0.25) is 5.02 Å². The molecule has 0 saturated heterocycles. The van der Waals surface area contributed by atoms with Gasteiger partial charge >= 0.3 is 0 Å². The summed E-state index contributed by atoms with van der Waals surface area (Å²) in [6.07, 6.45) is 0. The number of methoxy groups -OCH3 is 1. The molecule has 0 spiro atoms. The summed E-state index contributed by atoms with van der Waals surface area (Å²) in [7, 11) is 1.62. The van der Waals surface area contributed by atoms with Crippen molar-refractivity contribution < 1.29 is 19.0 Å². The Balaban J connectivity index is 2.35. The number of ketones is 1. The largest absolute Gasteiger partial charge is 0.491 e. The van der Waals surface area contributed by atoms with E-state index >= 15 is 0 Å². The molecule has 0 heterocycles. The van der Waals surface area contributed by atoms with Crippen LogP contribution in [0.5, 0.6) is 5.75 Å². The fraction of sp³-hybridized carbons (Fsp3) is 0.462. The second-order valence-corrected chi connectivity index (χ2v) is 4.06. The zero-order valence-corrected chi connectivity index (χ0v) is 11.3. The summed E-state index contributed by atoms with van der Waals surface area (Å²) in [5.41, 5.74) is 0.500. The number of carbonyl (C=O) groups is 1. The van der Waals surface area contributed by atoms with E-state index in [1.807, 2.05) is 0 Å². The summed E-state index contributed by atoms with van der Waals surface area (Å²) in [6, 6.07) is 5.01. The minimum atomic E-state index is -0.0607. The van der Waals surface area contributed by atoms with Crippen molar-refractivity contribution in [3.05, 3.63) is 28.8 Å². The van der Waals surface area contributed by atoms with Gasteiger partial charge in [-0.1, -0.05) is 11.6 Å². The molecule has 0 aromatic heterocycles. The Morgan fingerprint density at radius 2 is 1.94 bits per heavy atom. The predicted molar refractivity (Wildman–Crippen MR) is 69.6 cm³/mol. The first-order chi connectivity index (χ1) is 8.65. The van der Waals surface area contributed by atoms with Gasteiger partial charge in [-0.05, 0) is 25.1 Å². The molecule has 1 aromatic rings. The molecule has 100 valence electrons. The molecule has 0 atom stereocenters. The molecule has 0 bridgehead atoms. The molecule has 0 radical (unpaired) electrons. The van der Waals surface area contributed by atoms with Crippen LogP contribution in [0.25, 0.3) is 0 Å². The van der Waals surface area contributed by atoms with E-state index in [-0.39, 0.29) is 5.78 Å². The van der Waals surface area contributed by atoms with E-state index in [2.05, 4.69) is 0 Å². The first-order valence-corrected chi connectivity index (χ1v) is 6.03. The molecule has 18 heavy (non-hydrogen) atoms. The maximum absolute atomic E-state index is 11.2. The first kappa shape index (κ1) is 15.0. The van der Waals surface area contributed by atoms with E-state index < -0.39 is 0 Å². The lowest BCUT2D eigenvalue weighted by Crippen LogP contribution is -2.10. The number of hydrogen-bond acceptors (Lipinski definition) is 4. The zero-order chi connectivity index (χ0) is 13.4. The van der Waals surface area contributed by atoms with Crippen LogP contribution < -0.4 is 4.74 Å². The van der Waals surface area contributed by atoms with Gasteiger partial charge in [-0.15, -0.1) is 0 Å². The van der Waals surface area contributed by atoms with Gasteiger partial charge in [0.05, 0.1) is 24.8 Å². The van der Waals surface area contributed by atoms with Crippen LogP contribution in [0.15, 0.2) is 18.2 Å². The lowest BCUT2D eigenvalue weighted by molar-refractivity contribution is 0.0544. The number of ether oxygens (including phenoxy) is 3. The summed E-state index contributed by atoms with van der Waals surface area (Å²) in [6.45, 7) is 3.50. The number of benzene rings is 1. The molecular formula is C13H17ClO4. The molecule has 5 heteroatoms. The molecule has 0 aliphatic heterocycles. The Morgan fingerprint density at radius 1 is 1.22 bits per heavy atom. The first-order valence-electron chi connectivity index (χ1n) is 5.65. The number of rotatable bonds is 8. The predicted octanol–water partition coefficient (Wildman–Crippen LogP) is 2.58. The number of carbonyl (C=O) groups excluding carboxylic acids is 1. The summed E-state index contributed by atoms with van der Waals surface area (Å²) in [5, 5.41) is 0.403. The fourth-order valence-corrected chi connectivity index (χ4v) is 1.64. The molecule has 0 aliphatic carbocycles. The Hall–Kier alpha value is -1.10. The normalized spacial score (nSPS) is 10.4. The molecule has 0 N–H and O–H groups in total. The Bertz CT molecular complexity index is 393. The topological polar surface area (TPSA) is 44.8 Å². The third kappa shape index (κ3) is 5.04. The highest BCUT2D eigenvalue weighted by Crippen LogP contribution is 2.22. The third-order valence-electron chi connectivity index (χ3n) is 2.25. The number of hydrogen-bond donors (Lipinski definition) is 0. The lowest BCUT2D eigenvalue weighted by Gasteiger charge is -2.08. The molecular weight excluding hydrogens is 256 g/mol. The lowest BCUT2D eigenvalue weighted by atomic mass is 10.1. The summed E-state index contributed by atoms with van der Waals surface area (Å²) in [4.78, 5) is 11.2. The fourth-order valence-electron chi connectivity index (χ4n) is 1.33. The third-order valence-corrected chi connectivity index (χ3v) is 2.56. The molecule has 1 rings (SSSR count). The van der Waals surface area contributed by atoms with E-state index in [1.165, 1.54) is 6.92 Å². The van der Waals surface area contributed by atoms with Gasteiger partial charge in [0.25, 0.3) is 0 Å². The minimum Gasteiger partial charge on any atom is -0.491 e. The van der Waals surface area contributed by atoms with E-state index in [0.717, 1.165) is 0 Å². The standard InChI is InChI=1S/C13H17ClO4/c1-10(15)12-4-3-11(9-13(12)14)18-8-7-17-6-5-16-2/h3-4,9H,5-8H2,1-2H3. The highest BCUT2D eigenvalue weighted by molar-refractivity contribution is 6.34. The van der Waals surface area contributed by atoms with Gasteiger partial charge < -0.3 is 14.2 Å². The molecule has 0 aliphatic rings. The smallest absolute Gasteiger partial charge is 0.161 e. The molecule has 1 aromatic carbocycles. The van der Waals surface area contributed by atoms with Crippen molar-refractivity contribution in [1.82, 2.24) is 0 Å². The highest BCUT2D eigenvalue weighted by atomic mass is 35.5. The van der Waals surface area contributed by atoms with E-state index in [0.29, 0.717) is 42.8 Å². The van der Waals surface area contributed by atoms with Crippen LogP contribution in [0.3, 0.4) is 0 Å². The minimum absolute atomic E-state index is 0.0607. The van der Waals surface area contributed by atoms with Crippen molar-refractivity contribution in [1.29, 1.82) is 0 Å². The monoisotopic (exact) mass is 272 g/mol. The van der Waals surface area contributed by atoms with E-state index in [1.54, 1.807) is 25.3 Å².